The largest absolute Gasteiger partial charge is 0.480 e. The molecule has 1 aliphatic heterocycles. The molecule has 0 aliphatic carbocycles. The molecule has 110 valence electrons. The molecule has 0 spiro atoms. The summed E-state index contributed by atoms with van der Waals surface area (Å²) in [5, 5.41) is 12.7. The molecule has 4 heteroatoms. The third-order valence-corrected chi connectivity index (χ3v) is 3.76. The minimum absolute atomic E-state index is 0.210. The predicted molar refractivity (Wildman–Crippen MR) is 77.6 cm³/mol. The quantitative estimate of drug-likeness (QED) is 0.839. The van der Waals surface area contributed by atoms with Gasteiger partial charge in [0.05, 0.1) is 6.10 Å². The summed E-state index contributed by atoms with van der Waals surface area (Å²) in [6.07, 6.45) is 4.16. The van der Waals surface area contributed by atoms with E-state index in [1.165, 1.54) is 0 Å². The minimum Gasteiger partial charge on any atom is -0.480 e. The molecule has 0 amide bonds. The Labute approximate surface area is 120 Å². The van der Waals surface area contributed by atoms with Gasteiger partial charge in [-0.05, 0) is 24.8 Å². The van der Waals surface area contributed by atoms with E-state index in [1.807, 2.05) is 30.3 Å². The summed E-state index contributed by atoms with van der Waals surface area (Å²) >= 11 is 0. The van der Waals surface area contributed by atoms with Crippen LogP contribution >= 0.6 is 0 Å². The van der Waals surface area contributed by atoms with E-state index in [0.29, 0.717) is 6.61 Å². The summed E-state index contributed by atoms with van der Waals surface area (Å²) in [5.41, 5.74) is 0.804. The maximum atomic E-state index is 11.5. The Bertz CT molecular complexity index is 419. The number of nitrogens with one attached hydrogen (secondary N) is 1. The summed E-state index contributed by atoms with van der Waals surface area (Å²) in [7, 11) is 0. The Kier molecular flexibility index (Phi) is 5.56. The van der Waals surface area contributed by atoms with Crippen molar-refractivity contribution >= 4 is 5.97 Å². The van der Waals surface area contributed by atoms with E-state index in [0.717, 1.165) is 31.2 Å². The second kappa shape index (κ2) is 7.41. The van der Waals surface area contributed by atoms with Crippen LogP contribution in [-0.2, 0) is 9.53 Å². The number of rotatable bonds is 6. The fourth-order valence-corrected chi connectivity index (χ4v) is 2.75. The molecule has 4 nitrogen and oxygen atoms in total. The van der Waals surface area contributed by atoms with Gasteiger partial charge in [0.2, 0.25) is 0 Å². The zero-order valence-electron chi connectivity index (χ0n) is 11.9. The third kappa shape index (κ3) is 4.05. The SMILES string of the molecule is CCCC1CC(NC(C(=O)O)c2ccccc2)CCO1. The molecular formula is C16H23NO3. The van der Waals surface area contributed by atoms with E-state index in [1.54, 1.807) is 0 Å². The lowest BCUT2D eigenvalue weighted by molar-refractivity contribution is -0.140. The standard InChI is InChI=1S/C16H23NO3/c1-2-6-14-11-13(9-10-20-14)17-15(16(18)19)12-7-4-3-5-8-12/h3-5,7-8,13-15,17H,2,6,9-11H2,1H3,(H,18,19). The van der Waals surface area contributed by atoms with Gasteiger partial charge in [0.1, 0.15) is 6.04 Å². The Hall–Kier alpha value is -1.39. The first kappa shape index (κ1) is 15.0. The Morgan fingerprint density at radius 2 is 2.20 bits per heavy atom. The molecule has 1 heterocycles. The molecule has 0 bridgehead atoms. The maximum Gasteiger partial charge on any atom is 0.325 e. The minimum atomic E-state index is -0.824. The van der Waals surface area contributed by atoms with Crippen molar-refractivity contribution in [3.05, 3.63) is 35.9 Å². The van der Waals surface area contributed by atoms with Crippen LogP contribution in [0.1, 0.15) is 44.2 Å². The first-order valence-corrected chi connectivity index (χ1v) is 7.36. The number of hydrogen-bond donors (Lipinski definition) is 2. The zero-order valence-corrected chi connectivity index (χ0v) is 11.9. The van der Waals surface area contributed by atoms with Crippen molar-refractivity contribution in [3.8, 4) is 0 Å². The van der Waals surface area contributed by atoms with Gasteiger partial charge in [-0.25, -0.2) is 0 Å². The van der Waals surface area contributed by atoms with Crippen molar-refractivity contribution in [1.29, 1.82) is 0 Å². The fraction of sp³-hybridized carbons (Fsp3) is 0.562. The smallest absolute Gasteiger partial charge is 0.325 e. The molecular weight excluding hydrogens is 254 g/mol. The van der Waals surface area contributed by atoms with Crippen LogP contribution in [0.15, 0.2) is 30.3 Å². The highest BCUT2D eigenvalue weighted by Crippen LogP contribution is 2.21. The maximum absolute atomic E-state index is 11.5. The first-order valence-electron chi connectivity index (χ1n) is 7.36. The van der Waals surface area contributed by atoms with Gasteiger partial charge in [-0.2, -0.15) is 0 Å². The summed E-state index contributed by atoms with van der Waals surface area (Å²) in [4.78, 5) is 11.5. The average molecular weight is 277 g/mol. The van der Waals surface area contributed by atoms with Crippen LogP contribution in [0.5, 0.6) is 0 Å². The molecule has 20 heavy (non-hydrogen) atoms. The number of carbonyl (C=O) groups is 1. The lowest BCUT2D eigenvalue weighted by Gasteiger charge is -2.32. The van der Waals surface area contributed by atoms with Crippen LogP contribution in [0.4, 0.5) is 0 Å². The van der Waals surface area contributed by atoms with Crippen molar-refractivity contribution in [2.45, 2.75) is 50.8 Å². The van der Waals surface area contributed by atoms with E-state index < -0.39 is 12.0 Å². The molecule has 2 rings (SSSR count). The number of carboxylic acids is 1. The van der Waals surface area contributed by atoms with E-state index in [2.05, 4.69) is 12.2 Å². The number of hydrogen-bond acceptors (Lipinski definition) is 3. The van der Waals surface area contributed by atoms with Crippen molar-refractivity contribution in [1.82, 2.24) is 5.32 Å². The molecule has 1 aromatic rings. The van der Waals surface area contributed by atoms with Gasteiger partial charge in [-0.1, -0.05) is 43.7 Å². The predicted octanol–water partition coefficient (Wildman–Crippen LogP) is 2.75. The van der Waals surface area contributed by atoms with Crippen LogP contribution in [0, 0.1) is 0 Å². The van der Waals surface area contributed by atoms with Crippen LogP contribution < -0.4 is 5.32 Å². The third-order valence-electron chi connectivity index (χ3n) is 3.76. The molecule has 3 unspecified atom stereocenters. The van der Waals surface area contributed by atoms with Crippen molar-refractivity contribution in [2.24, 2.45) is 0 Å². The van der Waals surface area contributed by atoms with Crippen molar-refractivity contribution < 1.29 is 14.6 Å². The molecule has 0 radical (unpaired) electrons. The Morgan fingerprint density at radius 1 is 1.45 bits per heavy atom. The van der Waals surface area contributed by atoms with Crippen LogP contribution in [0.25, 0.3) is 0 Å². The lowest BCUT2D eigenvalue weighted by atomic mass is 9.98. The molecule has 3 atom stereocenters. The first-order chi connectivity index (χ1) is 9.70. The highest BCUT2D eigenvalue weighted by molar-refractivity contribution is 5.75. The lowest BCUT2D eigenvalue weighted by Crippen LogP contribution is -2.43. The monoisotopic (exact) mass is 277 g/mol. The molecule has 1 saturated heterocycles. The van der Waals surface area contributed by atoms with Gasteiger partial charge in [0.15, 0.2) is 0 Å². The normalized spacial score (nSPS) is 24.2. The van der Waals surface area contributed by atoms with Gasteiger partial charge in [0.25, 0.3) is 0 Å². The molecule has 1 fully saturated rings. The number of ether oxygens (including phenoxy) is 1. The number of benzene rings is 1. The summed E-state index contributed by atoms with van der Waals surface area (Å²) < 4.78 is 5.71. The summed E-state index contributed by atoms with van der Waals surface area (Å²) in [5.74, 6) is -0.824. The fourth-order valence-electron chi connectivity index (χ4n) is 2.75. The van der Waals surface area contributed by atoms with E-state index >= 15 is 0 Å². The van der Waals surface area contributed by atoms with Crippen LogP contribution in [0.2, 0.25) is 0 Å². The van der Waals surface area contributed by atoms with Crippen LogP contribution in [-0.4, -0.2) is 29.8 Å². The van der Waals surface area contributed by atoms with E-state index in [9.17, 15) is 9.90 Å². The number of carboxylic acid groups (broad SMARTS) is 1. The topological polar surface area (TPSA) is 58.6 Å². The van der Waals surface area contributed by atoms with Gasteiger partial charge in [-0.3, -0.25) is 10.1 Å². The zero-order chi connectivity index (χ0) is 14.4. The van der Waals surface area contributed by atoms with Crippen molar-refractivity contribution in [2.75, 3.05) is 6.61 Å². The molecule has 0 aromatic heterocycles. The molecule has 1 aliphatic rings. The second-order valence-electron chi connectivity index (χ2n) is 5.35. The highest BCUT2D eigenvalue weighted by atomic mass is 16.5. The number of aliphatic carboxylic acids is 1. The second-order valence-corrected chi connectivity index (χ2v) is 5.35. The molecule has 0 saturated carbocycles. The molecule has 2 N–H and O–H groups in total. The average Bonchev–Trinajstić information content (AvgIpc) is 2.46. The van der Waals surface area contributed by atoms with Gasteiger partial charge < -0.3 is 9.84 Å². The van der Waals surface area contributed by atoms with Crippen molar-refractivity contribution in [3.63, 3.8) is 0 Å². The Balaban J connectivity index is 2.00. The van der Waals surface area contributed by atoms with Gasteiger partial charge in [0, 0.05) is 12.6 Å². The highest BCUT2D eigenvalue weighted by Gasteiger charge is 2.27. The van der Waals surface area contributed by atoms with Gasteiger partial charge >= 0.3 is 5.97 Å². The van der Waals surface area contributed by atoms with E-state index in [4.69, 9.17) is 4.74 Å². The van der Waals surface area contributed by atoms with Crippen LogP contribution in [0.3, 0.4) is 0 Å². The Morgan fingerprint density at radius 3 is 2.85 bits per heavy atom. The summed E-state index contributed by atoms with van der Waals surface area (Å²) in [6.45, 7) is 2.86. The van der Waals surface area contributed by atoms with Gasteiger partial charge in [-0.15, -0.1) is 0 Å². The van der Waals surface area contributed by atoms with E-state index in [-0.39, 0.29) is 12.1 Å². The summed E-state index contributed by atoms with van der Waals surface area (Å²) in [6, 6.07) is 8.92. The molecule has 1 aromatic carbocycles.